The Kier molecular flexibility index (Phi) is 3.41. The lowest BCUT2D eigenvalue weighted by Gasteiger charge is -2.54. The number of allylic oxidation sites excluding steroid dienone is 1. The summed E-state index contributed by atoms with van der Waals surface area (Å²) in [4.78, 5) is 29.6. The fourth-order valence-corrected chi connectivity index (χ4v) is 6.29. The number of anilines is 1. The van der Waals surface area contributed by atoms with Crippen molar-refractivity contribution in [2.45, 2.75) is 37.5 Å². The minimum atomic E-state index is -1.24. The number of ketones is 1. The monoisotopic (exact) mass is 368 g/mol. The number of methoxy groups -OCH3 is 1. The van der Waals surface area contributed by atoms with Crippen molar-refractivity contribution in [2.24, 2.45) is 11.3 Å². The number of carbonyl (C=O) groups excluding carboxylic acids is 2. The van der Waals surface area contributed by atoms with E-state index >= 15 is 0 Å². The number of ether oxygens (including phenoxy) is 1. The Morgan fingerprint density at radius 3 is 2.93 bits per heavy atom. The van der Waals surface area contributed by atoms with E-state index in [1.807, 2.05) is 37.3 Å². The van der Waals surface area contributed by atoms with E-state index in [9.17, 15) is 14.7 Å². The van der Waals surface area contributed by atoms with Crippen molar-refractivity contribution in [3.05, 3.63) is 41.5 Å². The molecular formula is C21H24N2O4. The molecule has 3 saturated heterocycles. The van der Waals surface area contributed by atoms with Crippen LogP contribution in [-0.2, 0) is 19.7 Å². The minimum absolute atomic E-state index is 0.156. The third-order valence-electron chi connectivity index (χ3n) is 7.41. The largest absolute Gasteiger partial charge is 0.468 e. The maximum atomic E-state index is 14.2. The molecule has 4 aliphatic heterocycles. The second-order valence-electron chi connectivity index (χ2n) is 8.15. The molecular weight excluding hydrogens is 344 g/mol. The van der Waals surface area contributed by atoms with Crippen molar-refractivity contribution in [1.82, 2.24) is 4.90 Å². The van der Waals surface area contributed by atoms with Gasteiger partial charge in [-0.3, -0.25) is 14.5 Å². The van der Waals surface area contributed by atoms with Crippen LogP contribution in [0.5, 0.6) is 0 Å². The highest BCUT2D eigenvalue weighted by Crippen LogP contribution is 2.63. The lowest BCUT2D eigenvalue weighted by atomic mass is 9.59. The first-order valence-electron chi connectivity index (χ1n) is 9.58. The Hall–Kier alpha value is -2.18. The van der Waals surface area contributed by atoms with Gasteiger partial charge in [-0.15, -0.1) is 0 Å². The number of hydrogen-bond acceptors (Lipinski definition) is 6. The molecule has 0 amide bonds. The van der Waals surface area contributed by atoms with E-state index in [1.165, 1.54) is 7.11 Å². The van der Waals surface area contributed by atoms with E-state index < -0.39 is 23.0 Å². The summed E-state index contributed by atoms with van der Waals surface area (Å²) in [6.45, 7) is 3.60. The first-order chi connectivity index (χ1) is 13.0. The van der Waals surface area contributed by atoms with Crippen molar-refractivity contribution in [2.75, 3.05) is 25.5 Å². The minimum Gasteiger partial charge on any atom is -0.468 e. The average molecular weight is 368 g/mol. The number of nitrogens with zero attached hydrogens (tertiary/aromatic N) is 1. The van der Waals surface area contributed by atoms with Gasteiger partial charge in [0.2, 0.25) is 0 Å². The highest BCUT2D eigenvalue weighted by molar-refractivity contribution is 6.14. The van der Waals surface area contributed by atoms with E-state index in [0.717, 1.165) is 36.3 Å². The first-order valence-corrected chi connectivity index (χ1v) is 9.58. The van der Waals surface area contributed by atoms with Crippen molar-refractivity contribution >= 4 is 17.4 Å². The molecule has 1 aromatic carbocycles. The predicted octanol–water partition coefficient (Wildman–Crippen LogP) is 1.45. The molecule has 4 fully saturated rings. The average Bonchev–Trinajstić information content (AvgIpc) is 3.16. The van der Waals surface area contributed by atoms with E-state index in [4.69, 9.17) is 4.74 Å². The summed E-state index contributed by atoms with van der Waals surface area (Å²) < 4.78 is 5.22. The Bertz CT molecular complexity index is 881. The number of rotatable bonds is 1. The quantitative estimate of drug-likeness (QED) is 0.444. The molecule has 6 heteroatoms. The molecule has 142 valence electrons. The molecule has 27 heavy (non-hydrogen) atoms. The van der Waals surface area contributed by atoms with Gasteiger partial charge in [-0.1, -0.05) is 29.8 Å². The number of piperidine rings is 3. The molecule has 1 unspecified atom stereocenters. The van der Waals surface area contributed by atoms with Gasteiger partial charge in [0.15, 0.2) is 5.78 Å². The fourth-order valence-electron chi connectivity index (χ4n) is 6.29. The molecule has 1 spiro atoms. The van der Waals surface area contributed by atoms with Gasteiger partial charge in [-0.05, 0) is 37.9 Å². The summed E-state index contributed by atoms with van der Waals surface area (Å²) in [5.74, 6) is -0.804. The van der Waals surface area contributed by atoms with Gasteiger partial charge in [0.1, 0.15) is 17.1 Å². The molecule has 6 rings (SSSR count). The Morgan fingerprint density at radius 1 is 1.41 bits per heavy atom. The zero-order valence-electron chi connectivity index (χ0n) is 15.6. The molecule has 2 bridgehead atoms. The summed E-state index contributed by atoms with van der Waals surface area (Å²) >= 11 is 0. The number of hydrogen-bond donors (Lipinski definition) is 2. The number of aliphatic hydroxyl groups is 1. The summed E-state index contributed by atoms with van der Waals surface area (Å²) in [6, 6.07) is 7.28. The van der Waals surface area contributed by atoms with Crippen LogP contribution in [0.15, 0.2) is 35.9 Å². The van der Waals surface area contributed by atoms with E-state index in [-0.39, 0.29) is 17.7 Å². The lowest BCUT2D eigenvalue weighted by Crippen LogP contribution is -2.66. The first kappa shape index (κ1) is 17.0. The SMILES string of the molecule is C/C=C1/CN2CC[C@@H]1[C@]1(C(=O)OC)C(=O)[C@@]3(C[C@H]21)c1ccccc1N[C@H]3O. The molecule has 1 aliphatic carbocycles. The van der Waals surface area contributed by atoms with E-state index in [0.29, 0.717) is 6.42 Å². The number of para-hydroxylation sites is 1. The van der Waals surface area contributed by atoms with Gasteiger partial charge in [0.25, 0.3) is 0 Å². The predicted molar refractivity (Wildman–Crippen MR) is 99.0 cm³/mol. The van der Waals surface area contributed by atoms with Gasteiger partial charge < -0.3 is 15.2 Å². The fraction of sp³-hybridized carbons (Fsp3) is 0.524. The maximum absolute atomic E-state index is 14.2. The highest BCUT2D eigenvalue weighted by atomic mass is 16.5. The Labute approximate surface area is 158 Å². The topological polar surface area (TPSA) is 78.9 Å². The van der Waals surface area contributed by atoms with Crippen LogP contribution in [-0.4, -0.2) is 54.2 Å². The molecule has 1 saturated carbocycles. The smallest absolute Gasteiger partial charge is 0.321 e. The second kappa shape index (κ2) is 5.42. The molecule has 0 aromatic heterocycles. The van der Waals surface area contributed by atoms with Crippen LogP contribution in [0.4, 0.5) is 5.69 Å². The third-order valence-corrected chi connectivity index (χ3v) is 7.41. The number of Topliss-reactive ketones (excluding diaryl/α,β-unsaturated/α-hetero) is 1. The van der Waals surface area contributed by atoms with Crippen LogP contribution in [0.25, 0.3) is 0 Å². The molecule has 6 nitrogen and oxygen atoms in total. The standard InChI is InChI=1S/C21H24N2O4/c1-3-12-11-23-9-8-13(12)21(19(26)27-2)16(23)10-20(17(21)24)14-6-4-5-7-15(14)22-18(20)25/h3-7,13,16,18,22,25H,8-11H2,1-2H3/b12-3-/t13-,16-,18-,20+,21+/m0/s1. The number of carbonyl (C=O) groups is 2. The van der Waals surface area contributed by atoms with Crippen LogP contribution < -0.4 is 5.32 Å². The molecule has 6 atom stereocenters. The summed E-state index contributed by atoms with van der Waals surface area (Å²) in [7, 11) is 1.36. The van der Waals surface area contributed by atoms with Gasteiger partial charge >= 0.3 is 5.97 Å². The lowest BCUT2D eigenvalue weighted by molar-refractivity contribution is -0.171. The highest BCUT2D eigenvalue weighted by Gasteiger charge is 2.76. The second-order valence-corrected chi connectivity index (χ2v) is 8.15. The summed E-state index contributed by atoms with van der Waals surface area (Å²) in [5.41, 5.74) is 0.336. The van der Waals surface area contributed by atoms with E-state index in [2.05, 4.69) is 10.2 Å². The van der Waals surface area contributed by atoms with Crippen molar-refractivity contribution in [3.63, 3.8) is 0 Å². The molecule has 5 aliphatic rings. The number of esters is 1. The zero-order valence-corrected chi connectivity index (χ0v) is 15.6. The van der Waals surface area contributed by atoms with Crippen molar-refractivity contribution in [3.8, 4) is 0 Å². The van der Waals surface area contributed by atoms with Crippen LogP contribution >= 0.6 is 0 Å². The van der Waals surface area contributed by atoms with Crippen molar-refractivity contribution < 1.29 is 19.4 Å². The number of benzene rings is 1. The zero-order chi connectivity index (χ0) is 19.0. The van der Waals surface area contributed by atoms with Gasteiger partial charge in [0.05, 0.1) is 7.11 Å². The van der Waals surface area contributed by atoms with Gasteiger partial charge in [-0.2, -0.15) is 0 Å². The van der Waals surface area contributed by atoms with Crippen LogP contribution in [0.3, 0.4) is 0 Å². The molecule has 2 N–H and O–H groups in total. The Morgan fingerprint density at radius 2 is 2.19 bits per heavy atom. The molecule has 0 radical (unpaired) electrons. The molecule has 4 heterocycles. The Balaban J connectivity index is 1.76. The van der Waals surface area contributed by atoms with Crippen LogP contribution in [0.2, 0.25) is 0 Å². The number of nitrogens with one attached hydrogen (secondary N) is 1. The van der Waals surface area contributed by atoms with E-state index in [1.54, 1.807) is 0 Å². The summed E-state index contributed by atoms with van der Waals surface area (Å²) in [6.07, 6.45) is 2.19. The van der Waals surface area contributed by atoms with Crippen LogP contribution in [0, 0.1) is 11.3 Å². The number of aliphatic hydroxyl groups excluding tert-OH is 1. The summed E-state index contributed by atoms with van der Waals surface area (Å²) in [5, 5.41) is 14.1. The molecule has 1 aromatic rings. The third kappa shape index (κ3) is 1.74. The van der Waals surface area contributed by atoms with Gasteiger partial charge in [0, 0.05) is 24.2 Å². The van der Waals surface area contributed by atoms with Crippen LogP contribution in [0.1, 0.15) is 25.3 Å². The van der Waals surface area contributed by atoms with Crippen molar-refractivity contribution in [1.29, 1.82) is 0 Å². The maximum Gasteiger partial charge on any atom is 0.321 e. The normalized spacial score (nSPS) is 42.9. The van der Waals surface area contributed by atoms with Gasteiger partial charge in [-0.25, -0.2) is 0 Å². The number of fused-ring (bicyclic) bond motifs is 4.